The van der Waals surface area contributed by atoms with Crippen LogP contribution in [0.3, 0.4) is 0 Å². The van der Waals surface area contributed by atoms with Crippen LogP contribution in [0.25, 0.3) is 11.3 Å². The fourth-order valence-electron chi connectivity index (χ4n) is 1.35. The van der Waals surface area contributed by atoms with E-state index in [1.54, 1.807) is 18.2 Å². The Morgan fingerprint density at radius 2 is 2.00 bits per heavy atom. The summed E-state index contributed by atoms with van der Waals surface area (Å²) in [5.74, 6) is 0.569. The molecule has 0 atom stereocenters. The number of rotatable bonds is 2. The van der Waals surface area contributed by atoms with Crippen molar-refractivity contribution in [1.82, 2.24) is 4.98 Å². The van der Waals surface area contributed by atoms with Crippen molar-refractivity contribution in [2.45, 2.75) is 19.8 Å². The fourth-order valence-corrected chi connectivity index (χ4v) is 1.35. The molecule has 2 rings (SSSR count). The van der Waals surface area contributed by atoms with E-state index in [0.717, 1.165) is 0 Å². The standard InChI is InChI=1S/C12H12FNO/c1-8(2)12-14-11(7-15-12)9-5-3-4-6-10(9)13/h3-8H,1-2H3. The summed E-state index contributed by atoms with van der Waals surface area (Å²) >= 11 is 0. The molecule has 0 saturated heterocycles. The molecule has 0 aliphatic carbocycles. The third-order valence-electron chi connectivity index (χ3n) is 2.17. The fraction of sp³-hybridized carbons (Fsp3) is 0.250. The third-order valence-corrected chi connectivity index (χ3v) is 2.17. The molecule has 78 valence electrons. The van der Waals surface area contributed by atoms with E-state index < -0.39 is 0 Å². The largest absolute Gasteiger partial charge is 0.448 e. The van der Waals surface area contributed by atoms with Crippen LogP contribution in [-0.2, 0) is 0 Å². The van der Waals surface area contributed by atoms with Crippen molar-refractivity contribution in [3.05, 3.63) is 42.2 Å². The predicted molar refractivity (Wildman–Crippen MR) is 56.0 cm³/mol. The maximum atomic E-state index is 13.4. The van der Waals surface area contributed by atoms with Gasteiger partial charge < -0.3 is 4.42 Å². The van der Waals surface area contributed by atoms with Gasteiger partial charge in [0.2, 0.25) is 0 Å². The highest BCUT2D eigenvalue weighted by Crippen LogP contribution is 2.24. The van der Waals surface area contributed by atoms with Gasteiger partial charge in [-0.05, 0) is 12.1 Å². The Balaban J connectivity index is 2.42. The lowest BCUT2D eigenvalue weighted by Crippen LogP contribution is -1.88. The Morgan fingerprint density at radius 3 is 2.60 bits per heavy atom. The Bertz CT molecular complexity index is 462. The van der Waals surface area contributed by atoms with Crippen LogP contribution in [0.1, 0.15) is 25.7 Å². The number of aromatic nitrogens is 1. The van der Waals surface area contributed by atoms with E-state index in [0.29, 0.717) is 17.1 Å². The van der Waals surface area contributed by atoms with Crippen LogP contribution in [0.15, 0.2) is 34.9 Å². The molecule has 0 radical (unpaired) electrons. The first-order chi connectivity index (χ1) is 7.18. The van der Waals surface area contributed by atoms with E-state index in [1.165, 1.54) is 12.3 Å². The van der Waals surface area contributed by atoms with Crippen LogP contribution in [0.4, 0.5) is 4.39 Å². The molecule has 15 heavy (non-hydrogen) atoms. The molecule has 3 heteroatoms. The molecule has 1 aromatic carbocycles. The van der Waals surface area contributed by atoms with Gasteiger partial charge in [0.25, 0.3) is 0 Å². The zero-order chi connectivity index (χ0) is 10.8. The zero-order valence-corrected chi connectivity index (χ0v) is 8.70. The van der Waals surface area contributed by atoms with Gasteiger partial charge >= 0.3 is 0 Å². The van der Waals surface area contributed by atoms with E-state index in [2.05, 4.69) is 4.98 Å². The summed E-state index contributed by atoms with van der Waals surface area (Å²) in [6.45, 7) is 3.97. The minimum atomic E-state index is -0.277. The monoisotopic (exact) mass is 205 g/mol. The van der Waals surface area contributed by atoms with Gasteiger partial charge in [0.05, 0.1) is 0 Å². The molecule has 0 unspecified atom stereocenters. The molecule has 0 bridgehead atoms. The molecule has 0 aliphatic rings. The summed E-state index contributed by atoms with van der Waals surface area (Å²) in [7, 11) is 0. The molecule has 0 fully saturated rings. The molecule has 1 aromatic heterocycles. The van der Waals surface area contributed by atoms with Crippen molar-refractivity contribution < 1.29 is 8.81 Å². The summed E-state index contributed by atoms with van der Waals surface area (Å²) in [6.07, 6.45) is 1.49. The summed E-state index contributed by atoms with van der Waals surface area (Å²) in [4.78, 5) is 4.23. The summed E-state index contributed by atoms with van der Waals surface area (Å²) in [6, 6.07) is 6.54. The van der Waals surface area contributed by atoms with E-state index in [4.69, 9.17) is 4.42 Å². The molecule has 0 saturated carbocycles. The Labute approximate surface area is 87.8 Å². The van der Waals surface area contributed by atoms with Crippen LogP contribution in [0.5, 0.6) is 0 Å². The van der Waals surface area contributed by atoms with Crippen LogP contribution >= 0.6 is 0 Å². The van der Waals surface area contributed by atoms with Crippen LogP contribution in [0, 0.1) is 5.82 Å². The van der Waals surface area contributed by atoms with Gasteiger partial charge in [-0.15, -0.1) is 0 Å². The first kappa shape index (κ1) is 9.90. The van der Waals surface area contributed by atoms with Gasteiger partial charge in [-0.2, -0.15) is 0 Å². The molecule has 1 heterocycles. The quantitative estimate of drug-likeness (QED) is 0.748. The van der Waals surface area contributed by atoms with Gasteiger partial charge in [0, 0.05) is 11.5 Å². The smallest absolute Gasteiger partial charge is 0.197 e. The molecule has 2 aromatic rings. The highest BCUT2D eigenvalue weighted by molar-refractivity contribution is 5.58. The van der Waals surface area contributed by atoms with Gasteiger partial charge in [-0.1, -0.05) is 26.0 Å². The number of nitrogens with zero attached hydrogens (tertiary/aromatic N) is 1. The highest BCUT2D eigenvalue weighted by Gasteiger charge is 2.11. The van der Waals surface area contributed by atoms with Gasteiger partial charge in [0.15, 0.2) is 5.89 Å². The van der Waals surface area contributed by atoms with Crippen LogP contribution in [-0.4, -0.2) is 4.98 Å². The second-order valence-corrected chi connectivity index (χ2v) is 3.71. The second kappa shape index (κ2) is 3.85. The second-order valence-electron chi connectivity index (χ2n) is 3.71. The Hall–Kier alpha value is -1.64. The minimum Gasteiger partial charge on any atom is -0.448 e. The van der Waals surface area contributed by atoms with E-state index >= 15 is 0 Å². The van der Waals surface area contributed by atoms with Gasteiger partial charge in [-0.25, -0.2) is 9.37 Å². The molecular formula is C12H12FNO. The van der Waals surface area contributed by atoms with Crippen molar-refractivity contribution in [2.24, 2.45) is 0 Å². The Kier molecular flexibility index (Phi) is 2.54. The molecular weight excluding hydrogens is 193 g/mol. The average Bonchev–Trinajstić information content (AvgIpc) is 2.67. The maximum absolute atomic E-state index is 13.4. The van der Waals surface area contributed by atoms with Crippen molar-refractivity contribution in [3.63, 3.8) is 0 Å². The lowest BCUT2D eigenvalue weighted by Gasteiger charge is -1.97. The van der Waals surface area contributed by atoms with E-state index in [-0.39, 0.29) is 11.7 Å². The zero-order valence-electron chi connectivity index (χ0n) is 8.70. The Morgan fingerprint density at radius 1 is 1.27 bits per heavy atom. The molecule has 0 amide bonds. The van der Waals surface area contributed by atoms with Crippen molar-refractivity contribution in [2.75, 3.05) is 0 Å². The van der Waals surface area contributed by atoms with Gasteiger partial charge in [0.1, 0.15) is 17.8 Å². The number of halogens is 1. The lowest BCUT2D eigenvalue weighted by atomic mass is 10.1. The van der Waals surface area contributed by atoms with E-state index in [9.17, 15) is 4.39 Å². The number of hydrogen-bond donors (Lipinski definition) is 0. The first-order valence-corrected chi connectivity index (χ1v) is 4.89. The topological polar surface area (TPSA) is 26.0 Å². The summed E-state index contributed by atoms with van der Waals surface area (Å²) < 4.78 is 18.7. The predicted octanol–water partition coefficient (Wildman–Crippen LogP) is 3.60. The van der Waals surface area contributed by atoms with Crippen molar-refractivity contribution in [3.8, 4) is 11.3 Å². The molecule has 0 N–H and O–H groups in total. The van der Waals surface area contributed by atoms with Crippen LogP contribution in [0.2, 0.25) is 0 Å². The first-order valence-electron chi connectivity index (χ1n) is 4.89. The highest BCUT2D eigenvalue weighted by atomic mass is 19.1. The normalized spacial score (nSPS) is 10.9. The number of oxazole rings is 1. The van der Waals surface area contributed by atoms with E-state index in [1.807, 2.05) is 13.8 Å². The SMILES string of the molecule is CC(C)c1nc(-c2ccccc2F)co1. The number of hydrogen-bond acceptors (Lipinski definition) is 2. The number of benzene rings is 1. The minimum absolute atomic E-state index is 0.213. The summed E-state index contributed by atoms with van der Waals surface area (Å²) in [5.41, 5.74) is 1.03. The molecule has 0 aliphatic heterocycles. The third kappa shape index (κ3) is 1.91. The average molecular weight is 205 g/mol. The van der Waals surface area contributed by atoms with Gasteiger partial charge in [-0.3, -0.25) is 0 Å². The molecule has 2 nitrogen and oxygen atoms in total. The van der Waals surface area contributed by atoms with Crippen molar-refractivity contribution >= 4 is 0 Å². The molecule has 0 spiro atoms. The maximum Gasteiger partial charge on any atom is 0.197 e. The van der Waals surface area contributed by atoms with Crippen molar-refractivity contribution in [1.29, 1.82) is 0 Å². The van der Waals surface area contributed by atoms with Crippen LogP contribution < -0.4 is 0 Å². The summed E-state index contributed by atoms with van der Waals surface area (Å²) in [5, 5.41) is 0. The lowest BCUT2D eigenvalue weighted by molar-refractivity contribution is 0.471.